The number of rotatable bonds is 8. The summed E-state index contributed by atoms with van der Waals surface area (Å²) in [5.74, 6) is -0.108. The van der Waals surface area contributed by atoms with Crippen LogP contribution in [0.3, 0.4) is 0 Å². The number of hydrogen-bond donors (Lipinski definition) is 1. The van der Waals surface area contributed by atoms with E-state index in [9.17, 15) is 4.79 Å². The number of aliphatic carboxylic acids is 1. The highest BCUT2D eigenvalue weighted by Crippen LogP contribution is 2.22. The number of methoxy groups -OCH3 is 1. The van der Waals surface area contributed by atoms with Crippen molar-refractivity contribution in [1.82, 2.24) is 4.90 Å². The molecule has 0 saturated heterocycles. The van der Waals surface area contributed by atoms with E-state index in [0.29, 0.717) is 0 Å². The van der Waals surface area contributed by atoms with Gasteiger partial charge in [-0.15, -0.1) is 0 Å². The number of carboxylic acids is 1. The molecule has 4 heteroatoms. The lowest BCUT2D eigenvalue weighted by Crippen LogP contribution is -2.19. The highest BCUT2D eigenvalue weighted by molar-refractivity contribution is 5.85. The van der Waals surface area contributed by atoms with Gasteiger partial charge in [0.25, 0.3) is 0 Å². The van der Waals surface area contributed by atoms with Gasteiger partial charge < -0.3 is 14.7 Å². The minimum atomic E-state index is -0.942. The van der Waals surface area contributed by atoms with E-state index < -0.39 is 5.97 Å². The maximum atomic E-state index is 10.6. The average Bonchev–Trinajstić information content (AvgIpc) is 2.43. The molecule has 0 spiro atoms. The number of nitrogens with zero attached hydrogens (tertiary/aromatic N) is 1. The van der Waals surface area contributed by atoms with Gasteiger partial charge in [-0.05, 0) is 43.8 Å². The van der Waals surface area contributed by atoms with Crippen molar-refractivity contribution >= 4 is 12.0 Å². The third kappa shape index (κ3) is 5.45. The number of hydrogen-bond acceptors (Lipinski definition) is 3. The second kappa shape index (κ2) is 8.38. The lowest BCUT2D eigenvalue weighted by Gasteiger charge is -2.18. The van der Waals surface area contributed by atoms with E-state index in [4.69, 9.17) is 9.84 Å². The Morgan fingerprint density at radius 3 is 2.80 bits per heavy atom. The molecular weight excluding hydrogens is 254 g/mol. The summed E-state index contributed by atoms with van der Waals surface area (Å²) in [6, 6.07) is 5.71. The van der Waals surface area contributed by atoms with E-state index in [-0.39, 0.29) is 0 Å². The zero-order valence-corrected chi connectivity index (χ0v) is 12.4. The van der Waals surface area contributed by atoms with Gasteiger partial charge in [-0.3, -0.25) is 0 Å². The molecule has 0 unspecified atom stereocenters. The van der Waals surface area contributed by atoms with Crippen LogP contribution in [0.2, 0.25) is 0 Å². The largest absolute Gasteiger partial charge is 0.496 e. The first kappa shape index (κ1) is 16.2. The number of unbranched alkanes of at least 4 members (excludes halogenated alkanes) is 1. The van der Waals surface area contributed by atoms with E-state index >= 15 is 0 Å². The zero-order chi connectivity index (χ0) is 15.0. The minimum Gasteiger partial charge on any atom is -0.496 e. The molecular formula is C16H23NO3. The monoisotopic (exact) mass is 277 g/mol. The Morgan fingerprint density at radius 2 is 2.20 bits per heavy atom. The lowest BCUT2D eigenvalue weighted by molar-refractivity contribution is -0.131. The smallest absolute Gasteiger partial charge is 0.328 e. The minimum absolute atomic E-state index is 0.790. The van der Waals surface area contributed by atoms with Gasteiger partial charge in [0.05, 0.1) is 7.11 Å². The summed E-state index contributed by atoms with van der Waals surface area (Å²) >= 11 is 0. The summed E-state index contributed by atoms with van der Waals surface area (Å²) in [6.07, 6.45) is 5.07. The Kier molecular flexibility index (Phi) is 6.81. The highest BCUT2D eigenvalue weighted by atomic mass is 16.5. The first-order valence-electron chi connectivity index (χ1n) is 6.83. The van der Waals surface area contributed by atoms with E-state index in [1.54, 1.807) is 13.2 Å². The van der Waals surface area contributed by atoms with Crippen LogP contribution in [0.5, 0.6) is 5.75 Å². The Morgan fingerprint density at radius 1 is 1.45 bits per heavy atom. The fourth-order valence-electron chi connectivity index (χ4n) is 1.99. The molecule has 0 heterocycles. The summed E-state index contributed by atoms with van der Waals surface area (Å²) in [5.41, 5.74) is 1.94. The van der Waals surface area contributed by atoms with Crippen LogP contribution in [0, 0.1) is 0 Å². The summed E-state index contributed by atoms with van der Waals surface area (Å²) in [7, 11) is 3.73. The van der Waals surface area contributed by atoms with Crippen LogP contribution in [-0.4, -0.2) is 36.7 Å². The number of carbonyl (C=O) groups is 1. The standard InChI is InChI=1S/C16H23NO3/c1-4-5-10-17(2)12-14-11-13(7-9-16(18)19)6-8-15(14)20-3/h6-9,11H,4-5,10,12H2,1-3H3,(H,18,19). The molecule has 1 aromatic carbocycles. The van der Waals surface area contributed by atoms with Crippen LogP contribution in [0.25, 0.3) is 6.08 Å². The predicted molar refractivity (Wildman–Crippen MR) is 80.9 cm³/mol. The van der Waals surface area contributed by atoms with Crippen LogP contribution in [-0.2, 0) is 11.3 Å². The van der Waals surface area contributed by atoms with Crippen LogP contribution >= 0.6 is 0 Å². The molecule has 0 saturated carbocycles. The SMILES string of the molecule is CCCCN(C)Cc1cc(C=CC(=O)O)ccc1OC. The van der Waals surface area contributed by atoms with Gasteiger partial charge in [-0.25, -0.2) is 4.79 Å². The van der Waals surface area contributed by atoms with Gasteiger partial charge in [0.1, 0.15) is 5.75 Å². The molecule has 0 bridgehead atoms. The first-order valence-corrected chi connectivity index (χ1v) is 6.83. The van der Waals surface area contributed by atoms with Gasteiger partial charge in [0, 0.05) is 18.2 Å². The van der Waals surface area contributed by atoms with Crippen molar-refractivity contribution in [3.8, 4) is 5.75 Å². The Labute approximate surface area is 120 Å². The van der Waals surface area contributed by atoms with Gasteiger partial charge in [-0.1, -0.05) is 19.4 Å². The highest BCUT2D eigenvalue weighted by Gasteiger charge is 2.07. The van der Waals surface area contributed by atoms with Gasteiger partial charge in [0.15, 0.2) is 0 Å². The third-order valence-electron chi connectivity index (χ3n) is 3.06. The summed E-state index contributed by atoms with van der Waals surface area (Å²) in [5, 5.41) is 8.67. The van der Waals surface area contributed by atoms with Crippen molar-refractivity contribution in [3.63, 3.8) is 0 Å². The quantitative estimate of drug-likeness (QED) is 0.742. The molecule has 0 atom stereocenters. The molecule has 1 aromatic rings. The average molecular weight is 277 g/mol. The molecule has 4 nitrogen and oxygen atoms in total. The molecule has 1 rings (SSSR count). The first-order chi connectivity index (χ1) is 9.56. The van der Waals surface area contributed by atoms with Gasteiger partial charge in [0.2, 0.25) is 0 Å². The fourth-order valence-corrected chi connectivity index (χ4v) is 1.99. The molecule has 0 fully saturated rings. The van der Waals surface area contributed by atoms with E-state index in [2.05, 4.69) is 18.9 Å². The van der Waals surface area contributed by atoms with Crippen molar-refractivity contribution < 1.29 is 14.6 Å². The maximum Gasteiger partial charge on any atom is 0.328 e. The van der Waals surface area contributed by atoms with Crippen molar-refractivity contribution in [1.29, 1.82) is 0 Å². The molecule has 0 amide bonds. The van der Waals surface area contributed by atoms with Crippen molar-refractivity contribution in [2.75, 3.05) is 20.7 Å². The molecule has 0 aromatic heterocycles. The Hall–Kier alpha value is -1.81. The maximum absolute atomic E-state index is 10.6. The fraction of sp³-hybridized carbons (Fsp3) is 0.438. The second-order valence-corrected chi connectivity index (χ2v) is 4.83. The van der Waals surface area contributed by atoms with Crippen molar-refractivity contribution in [3.05, 3.63) is 35.4 Å². The number of benzene rings is 1. The zero-order valence-electron chi connectivity index (χ0n) is 12.4. The molecule has 0 aliphatic carbocycles. The van der Waals surface area contributed by atoms with Crippen molar-refractivity contribution in [2.24, 2.45) is 0 Å². The van der Waals surface area contributed by atoms with Gasteiger partial charge in [-0.2, -0.15) is 0 Å². The molecule has 0 aliphatic heterocycles. The topological polar surface area (TPSA) is 49.8 Å². The molecule has 20 heavy (non-hydrogen) atoms. The van der Waals surface area contributed by atoms with E-state index in [0.717, 1.165) is 42.5 Å². The Bertz CT molecular complexity index is 469. The van der Waals surface area contributed by atoms with Crippen LogP contribution < -0.4 is 4.74 Å². The predicted octanol–water partition coefficient (Wildman–Crippen LogP) is 3.02. The van der Waals surface area contributed by atoms with Gasteiger partial charge >= 0.3 is 5.97 Å². The lowest BCUT2D eigenvalue weighted by atomic mass is 10.1. The summed E-state index contributed by atoms with van der Waals surface area (Å²) in [6.45, 7) is 4.00. The Balaban J connectivity index is 2.85. The molecule has 110 valence electrons. The van der Waals surface area contributed by atoms with Crippen molar-refractivity contribution in [2.45, 2.75) is 26.3 Å². The molecule has 1 N–H and O–H groups in total. The van der Waals surface area contributed by atoms with E-state index in [1.165, 1.54) is 6.42 Å². The number of carboxylic acid groups (broad SMARTS) is 1. The number of ether oxygens (including phenoxy) is 1. The van der Waals surface area contributed by atoms with Crippen LogP contribution in [0.1, 0.15) is 30.9 Å². The summed E-state index contributed by atoms with van der Waals surface area (Å²) < 4.78 is 5.36. The van der Waals surface area contributed by atoms with Crippen LogP contribution in [0.4, 0.5) is 0 Å². The van der Waals surface area contributed by atoms with Crippen LogP contribution in [0.15, 0.2) is 24.3 Å². The molecule has 0 aliphatic rings. The third-order valence-corrected chi connectivity index (χ3v) is 3.06. The normalized spacial score (nSPS) is 11.2. The van der Waals surface area contributed by atoms with E-state index in [1.807, 2.05) is 18.2 Å². The molecule has 0 radical (unpaired) electrons. The second-order valence-electron chi connectivity index (χ2n) is 4.83. The summed E-state index contributed by atoms with van der Waals surface area (Å²) in [4.78, 5) is 12.8.